The zero-order chi connectivity index (χ0) is 14.5. The van der Waals surface area contributed by atoms with Gasteiger partial charge in [-0.25, -0.2) is 4.79 Å². The summed E-state index contributed by atoms with van der Waals surface area (Å²) in [5, 5.41) is 0. The third-order valence-electron chi connectivity index (χ3n) is 2.20. The van der Waals surface area contributed by atoms with Crippen LogP contribution in [0.15, 0.2) is 18.2 Å². The van der Waals surface area contributed by atoms with E-state index in [-0.39, 0.29) is 6.61 Å². The van der Waals surface area contributed by atoms with E-state index in [1.165, 1.54) is 25.3 Å². The normalized spacial score (nSPS) is 11.2. The van der Waals surface area contributed by atoms with Crippen LogP contribution in [0.2, 0.25) is 0 Å². The first kappa shape index (κ1) is 15.3. The highest BCUT2D eigenvalue weighted by atomic mass is 19.4. The summed E-state index contributed by atoms with van der Waals surface area (Å²) in [6, 6.07) is 4.50. The fraction of sp³-hybridized carbons (Fsp3) is 0.417. The van der Waals surface area contributed by atoms with E-state index in [1.54, 1.807) is 6.92 Å². The minimum Gasteiger partial charge on any atom is -0.491 e. The second kappa shape index (κ2) is 6.42. The van der Waals surface area contributed by atoms with Gasteiger partial charge in [0, 0.05) is 0 Å². The SMILES string of the molecule is COC(=O)c1ccc(OCCOC(F)(F)F)c(C)c1. The number of hydrogen-bond donors (Lipinski definition) is 0. The lowest BCUT2D eigenvalue weighted by Crippen LogP contribution is -2.18. The number of halogens is 3. The van der Waals surface area contributed by atoms with Crippen LogP contribution in [0.1, 0.15) is 15.9 Å². The Bertz CT molecular complexity index is 443. The number of carbonyl (C=O) groups is 1. The quantitative estimate of drug-likeness (QED) is 0.613. The van der Waals surface area contributed by atoms with Crippen molar-refractivity contribution in [3.63, 3.8) is 0 Å². The topological polar surface area (TPSA) is 44.8 Å². The zero-order valence-electron chi connectivity index (χ0n) is 10.4. The number of esters is 1. The van der Waals surface area contributed by atoms with Gasteiger partial charge in [0.2, 0.25) is 0 Å². The van der Waals surface area contributed by atoms with Crippen LogP contribution >= 0.6 is 0 Å². The van der Waals surface area contributed by atoms with Gasteiger partial charge in [0.15, 0.2) is 0 Å². The average molecular weight is 278 g/mol. The van der Waals surface area contributed by atoms with Gasteiger partial charge >= 0.3 is 12.3 Å². The fourth-order valence-electron chi connectivity index (χ4n) is 1.37. The van der Waals surface area contributed by atoms with Crippen molar-refractivity contribution >= 4 is 5.97 Å². The van der Waals surface area contributed by atoms with Gasteiger partial charge in [-0.15, -0.1) is 13.2 Å². The maximum atomic E-state index is 11.7. The Morgan fingerprint density at radius 3 is 2.47 bits per heavy atom. The number of alkyl halides is 3. The van der Waals surface area contributed by atoms with E-state index in [0.29, 0.717) is 16.9 Å². The van der Waals surface area contributed by atoms with Crippen molar-refractivity contribution in [2.24, 2.45) is 0 Å². The standard InChI is InChI=1S/C12H13F3O4/c1-8-7-9(11(16)17-2)3-4-10(8)18-5-6-19-12(13,14)15/h3-4,7H,5-6H2,1-2H3. The fourth-order valence-corrected chi connectivity index (χ4v) is 1.37. The predicted octanol–water partition coefficient (Wildman–Crippen LogP) is 2.70. The molecule has 0 aliphatic rings. The van der Waals surface area contributed by atoms with Crippen LogP contribution in [0.4, 0.5) is 13.2 Å². The summed E-state index contributed by atoms with van der Waals surface area (Å²) in [6.45, 7) is 0.839. The highest BCUT2D eigenvalue weighted by Crippen LogP contribution is 2.20. The van der Waals surface area contributed by atoms with Gasteiger partial charge in [-0.05, 0) is 30.7 Å². The summed E-state index contributed by atoms with van der Waals surface area (Å²) in [7, 11) is 1.26. The number of hydrogen-bond acceptors (Lipinski definition) is 4. The van der Waals surface area contributed by atoms with Crippen molar-refractivity contribution in [3.05, 3.63) is 29.3 Å². The molecule has 1 aromatic rings. The first-order chi connectivity index (χ1) is 8.83. The third kappa shape index (κ3) is 5.17. The predicted molar refractivity (Wildman–Crippen MR) is 60.0 cm³/mol. The van der Waals surface area contributed by atoms with Gasteiger partial charge < -0.3 is 9.47 Å². The van der Waals surface area contributed by atoms with E-state index >= 15 is 0 Å². The Morgan fingerprint density at radius 2 is 1.95 bits per heavy atom. The molecule has 1 rings (SSSR count). The van der Waals surface area contributed by atoms with Gasteiger partial charge in [0.1, 0.15) is 12.4 Å². The molecule has 0 aromatic heterocycles. The lowest BCUT2D eigenvalue weighted by molar-refractivity contribution is -0.325. The first-order valence-corrected chi connectivity index (χ1v) is 5.36. The van der Waals surface area contributed by atoms with Gasteiger partial charge in [0.05, 0.1) is 19.3 Å². The summed E-state index contributed by atoms with van der Waals surface area (Å²) in [6.07, 6.45) is -4.66. The van der Waals surface area contributed by atoms with Crippen LogP contribution in [-0.4, -0.2) is 32.7 Å². The van der Waals surface area contributed by atoms with Gasteiger partial charge in [0.25, 0.3) is 0 Å². The highest BCUT2D eigenvalue weighted by molar-refractivity contribution is 5.89. The Labute approximate surface area is 108 Å². The minimum absolute atomic E-state index is 0.238. The van der Waals surface area contributed by atoms with Crippen LogP contribution in [-0.2, 0) is 9.47 Å². The van der Waals surface area contributed by atoms with E-state index < -0.39 is 18.9 Å². The molecule has 0 saturated carbocycles. The van der Waals surface area contributed by atoms with Gasteiger partial charge in [-0.2, -0.15) is 0 Å². The van der Waals surface area contributed by atoms with E-state index in [4.69, 9.17) is 4.74 Å². The van der Waals surface area contributed by atoms with Crippen LogP contribution < -0.4 is 4.74 Å². The van der Waals surface area contributed by atoms with Crippen molar-refractivity contribution in [1.29, 1.82) is 0 Å². The lowest BCUT2D eigenvalue weighted by atomic mass is 10.1. The largest absolute Gasteiger partial charge is 0.522 e. The third-order valence-corrected chi connectivity index (χ3v) is 2.20. The average Bonchev–Trinajstić information content (AvgIpc) is 2.33. The molecule has 0 fully saturated rings. The summed E-state index contributed by atoms with van der Waals surface area (Å²) in [4.78, 5) is 11.2. The minimum atomic E-state index is -4.66. The molecular weight excluding hydrogens is 265 g/mol. The van der Waals surface area contributed by atoms with E-state index in [2.05, 4.69) is 9.47 Å². The Kier molecular flexibility index (Phi) is 5.17. The molecule has 0 aliphatic heterocycles. The molecule has 0 unspecified atom stereocenters. The monoisotopic (exact) mass is 278 g/mol. The molecule has 0 heterocycles. The number of ether oxygens (including phenoxy) is 3. The number of benzene rings is 1. The van der Waals surface area contributed by atoms with Crippen molar-refractivity contribution < 1.29 is 32.2 Å². The summed E-state index contributed by atoms with van der Waals surface area (Å²) in [5.41, 5.74) is 0.966. The molecule has 1 aromatic carbocycles. The molecule has 4 nitrogen and oxygen atoms in total. The number of carbonyl (C=O) groups excluding carboxylic acids is 1. The van der Waals surface area contributed by atoms with E-state index in [1.807, 2.05) is 0 Å². The molecule has 0 N–H and O–H groups in total. The van der Waals surface area contributed by atoms with Crippen LogP contribution in [0.5, 0.6) is 5.75 Å². The van der Waals surface area contributed by atoms with Crippen LogP contribution in [0.25, 0.3) is 0 Å². The van der Waals surface area contributed by atoms with E-state index in [9.17, 15) is 18.0 Å². The van der Waals surface area contributed by atoms with Gasteiger partial charge in [-0.3, -0.25) is 4.74 Å². The molecule has 106 valence electrons. The van der Waals surface area contributed by atoms with Crippen LogP contribution in [0.3, 0.4) is 0 Å². The molecule has 19 heavy (non-hydrogen) atoms. The molecule has 0 bridgehead atoms. The number of aryl methyl sites for hydroxylation is 1. The van der Waals surface area contributed by atoms with Gasteiger partial charge in [-0.1, -0.05) is 0 Å². The highest BCUT2D eigenvalue weighted by Gasteiger charge is 2.28. The maximum Gasteiger partial charge on any atom is 0.522 e. The summed E-state index contributed by atoms with van der Waals surface area (Å²) >= 11 is 0. The Hall–Kier alpha value is -1.76. The summed E-state index contributed by atoms with van der Waals surface area (Å²) in [5.74, 6) is -0.103. The second-order valence-corrected chi connectivity index (χ2v) is 3.61. The first-order valence-electron chi connectivity index (χ1n) is 5.36. The molecular formula is C12H13F3O4. The van der Waals surface area contributed by atoms with Crippen molar-refractivity contribution in [2.75, 3.05) is 20.3 Å². The molecule has 0 atom stereocenters. The molecule has 0 aliphatic carbocycles. The molecule has 0 spiro atoms. The maximum absolute atomic E-state index is 11.7. The van der Waals surface area contributed by atoms with Crippen molar-refractivity contribution in [1.82, 2.24) is 0 Å². The molecule has 0 saturated heterocycles. The smallest absolute Gasteiger partial charge is 0.491 e. The second-order valence-electron chi connectivity index (χ2n) is 3.61. The summed E-state index contributed by atoms with van der Waals surface area (Å²) < 4.78 is 48.4. The number of methoxy groups -OCH3 is 1. The van der Waals surface area contributed by atoms with Crippen molar-refractivity contribution in [3.8, 4) is 5.75 Å². The van der Waals surface area contributed by atoms with E-state index in [0.717, 1.165) is 0 Å². The molecule has 0 amide bonds. The van der Waals surface area contributed by atoms with Crippen LogP contribution in [0, 0.1) is 6.92 Å². The lowest BCUT2D eigenvalue weighted by Gasteiger charge is -2.11. The number of rotatable bonds is 5. The Morgan fingerprint density at radius 1 is 1.26 bits per heavy atom. The Balaban J connectivity index is 2.54. The molecule has 7 heteroatoms. The van der Waals surface area contributed by atoms with Crippen molar-refractivity contribution in [2.45, 2.75) is 13.3 Å². The molecule has 0 radical (unpaired) electrons. The zero-order valence-corrected chi connectivity index (χ0v) is 10.4.